The van der Waals surface area contributed by atoms with Crippen LogP contribution in [-0.2, 0) is 12.4 Å². The third kappa shape index (κ3) is 4.23. The highest BCUT2D eigenvalue weighted by atomic mass is 19.4. The minimum atomic E-state index is -5.01. The van der Waals surface area contributed by atoms with E-state index in [2.05, 4.69) is 0 Å². The monoisotopic (exact) mass is 364 g/mol. The Balaban J connectivity index is 2.59. The molecule has 0 radical (unpaired) electrons. The minimum absolute atomic E-state index is 0.0180. The average Bonchev–Trinajstić information content (AvgIpc) is 2.53. The fraction of sp³-hybridized carbons (Fsp3) is 0.188. The van der Waals surface area contributed by atoms with Crippen molar-refractivity contribution < 1.29 is 40.6 Å². The molecule has 134 valence electrons. The smallest absolute Gasteiger partial charge is 0.416 e. The largest absolute Gasteiger partial charge is 0.493 e. The van der Waals surface area contributed by atoms with E-state index < -0.39 is 29.2 Å². The van der Waals surface area contributed by atoms with E-state index in [1.165, 1.54) is 25.3 Å². The second-order valence-corrected chi connectivity index (χ2v) is 4.84. The molecule has 0 unspecified atom stereocenters. The molecule has 0 bridgehead atoms. The molecule has 0 aliphatic heterocycles. The number of aldehydes is 1. The number of hydrogen-bond acceptors (Lipinski definition) is 3. The van der Waals surface area contributed by atoms with Crippen LogP contribution in [0.1, 0.15) is 21.5 Å². The zero-order valence-corrected chi connectivity index (χ0v) is 12.5. The molecular formula is C16H10F6O3. The van der Waals surface area contributed by atoms with E-state index in [1.54, 1.807) is 0 Å². The zero-order chi connectivity index (χ0) is 18.8. The number of hydrogen-bond donors (Lipinski definition) is 0. The zero-order valence-electron chi connectivity index (χ0n) is 12.5. The topological polar surface area (TPSA) is 35.5 Å². The Labute approximate surface area is 137 Å². The molecule has 0 saturated heterocycles. The first-order valence-electron chi connectivity index (χ1n) is 6.65. The van der Waals surface area contributed by atoms with Crippen LogP contribution < -0.4 is 9.47 Å². The molecule has 2 aromatic rings. The number of para-hydroxylation sites is 1. The normalized spacial score (nSPS) is 12.0. The predicted octanol–water partition coefficient (Wildman–Crippen LogP) is 5.34. The van der Waals surface area contributed by atoms with Gasteiger partial charge >= 0.3 is 12.4 Å². The predicted molar refractivity (Wildman–Crippen MR) is 74.9 cm³/mol. The molecule has 0 atom stereocenters. The second kappa shape index (κ2) is 6.66. The minimum Gasteiger partial charge on any atom is -0.493 e. The molecule has 2 rings (SSSR count). The highest BCUT2D eigenvalue weighted by Crippen LogP contribution is 2.41. The lowest BCUT2D eigenvalue weighted by Crippen LogP contribution is -2.11. The van der Waals surface area contributed by atoms with Crippen LogP contribution in [0.4, 0.5) is 26.3 Å². The highest BCUT2D eigenvalue weighted by Gasteiger charge is 2.37. The maximum absolute atomic E-state index is 12.9. The van der Waals surface area contributed by atoms with Crippen molar-refractivity contribution in [1.82, 2.24) is 0 Å². The Bertz CT molecular complexity index is 748. The molecule has 0 saturated carbocycles. The number of alkyl halides is 6. The molecule has 0 aliphatic rings. The number of benzene rings is 2. The summed E-state index contributed by atoms with van der Waals surface area (Å²) in [4.78, 5) is 11.0. The lowest BCUT2D eigenvalue weighted by molar-refractivity contribution is -0.143. The van der Waals surface area contributed by atoms with Crippen LogP contribution in [0.5, 0.6) is 17.2 Å². The third-order valence-corrected chi connectivity index (χ3v) is 3.14. The summed E-state index contributed by atoms with van der Waals surface area (Å²) in [5.41, 5.74) is -3.15. The number of ether oxygens (including phenoxy) is 2. The van der Waals surface area contributed by atoms with E-state index in [9.17, 15) is 31.1 Å². The summed E-state index contributed by atoms with van der Waals surface area (Å²) < 4.78 is 87.2. The summed E-state index contributed by atoms with van der Waals surface area (Å²) in [7, 11) is 1.21. The summed E-state index contributed by atoms with van der Waals surface area (Å²) >= 11 is 0. The highest BCUT2D eigenvalue weighted by molar-refractivity contribution is 5.81. The van der Waals surface area contributed by atoms with Crippen LogP contribution in [0.3, 0.4) is 0 Å². The number of carbonyl (C=O) groups is 1. The van der Waals surface area contributed by atoms with Crippen molar-refractivity contribution >= 4 is 6.29 Å². The molecule has 0 spiro atoms. The Hall–Kier alpha value is -2.71. The van der Waals surface area contributed by atoms with Gasteiger partial charge in [0.05, 0.1) is 23.8 Å². The van der Waals surface area contributed by atoms with Gasteiger partial charge in [-0.2, -0.15) is 26.3 Å². The molecule has 9 heteroatoms. The van der Waals surface area contributed by atoms with Crippen LogP contribution in [0, 0.1) is 0 Å². The van der Waals surface area contributed by atoms with Gasteiger partial charge in [0.2, 0.25) is 0 Å². The van der Waals surface area contributed by atoms with Gasteiger partial charge in [-0.15, -0.1) is 0 Å². The Kier molecular flexibility index (Phi) is 4.96. The van der Waals surface area contributed by atoms with Gasteiger partial charge in [0.15, 0.2) is 17.8 Å². The summed E-state index contributed by atoms with van der Waals surface area (Å²) in [6.45, 7) is 0. The number of rotatable bonds is 4. The molecule has 0 heterocycles. The Morgan fingerprint density at radius 2 is 1.48 bits per heavy atom. The van der Waals surface area contributed by atoms with Crippen LogP contribution in [0.25, 0.3) is 0 Å². The van der Waals surface area contributed by atoms with Gasteiger partial charge in [-0.3, -0.25) is 4.79 Å². The van der Waals surface area contributed by atoms with Gasteiger partial charge < -0.3 is 9.47 Å². The first-order valence-corrected chi connectivity index (χ1v) is 6.65. The second-order valence-electron chi connectivity index (χ2n) is 4.84. The average molecular weight is 364 g/mol. The van der Waals surface area contributed by atoms with Crippen LogP contribution >= 0.6 is 0 Å². The maximum Gasteiger partial charge on any atom is 0.416 e. The Morgan fingerprint density at radius 3 is 1.92 bits per heavy atom. The van der Waals surface area contributed by atoms with Crippen LogP contribution in [-0.4, -0.2) is 13.4 Å². The number of carbonyl (C=O) groups excluding carboxylic acids is 1. The summed E-state index contributed by atoms with van der Waals surface area (Å²) in [5.74, 6) is -1.03. The molecule has 0 fully saturated rings. The SMILES string of the molecule is COc1cccc(C=O)c1Oc1cc(C(F)(F)F)cc(C(F)(F)F)c1. The van der Waals surface area contributed by atoms with E-state index in [4.69, 9.17) is 9.47 Å². The third-order valence-electron chi connectivity index (χ3n) is 3.14. The van der Waals surface area contributed by atoms with Gasteiger partial charge in [0, 0.05) is 0 Å². The molecule has 0 amide bonds. The maximum atomic E-state index is 12.9. The lowest BCUT2D eigenvalue weighted by atomic mass is 10.1. The quantitative estimate of drug-likeness (QED) is 0.543. The van der Waals surface area contributed by atoms with E-state index in [1.807, 2.05) is 0 Å². The molecule has 3 nitrogen and oxygen atoms in total. The van der Waals surface area contributed by atoms with E-state index in [-0.39, 0.29) is 23.1 Å². The van der Waals surface area contributed by atoms with Crippen molar-refractivity contribution in [2.45, 2.75) is 12.4 Å². The fourth-order valence-corrected chi connectivity index (χ4v) is 2.00. The van der Waals surface area contributed by atoms with E-state index in [0.29, 0.717) is 18.4 Å². The van der Waals surface area contributed by atoms with E-state index in [0.717, 1.165) is 0 Å². The van der Waals surface area contributed by atoms with Crippen molar-refractivity contribution in [2.24, 2.45) is 0 Å². The van der Waals surface area contributed by atoms with Gasteiger partial charge in [-0.1, -0.05) is 6.07 Å². The van der Waals surface area contributed by atoms with Crippen molar-refractivity contribution in [3.63, 3.8) is 0 Å². The summed E-state index contributed by atoms with van der Waals surface area (Å²) in [6.07, 6.45) is -9.67. The molecule has 2 aromatic carbocycles. The molecule has 0 aliphatic carbocycles. The van der Waals surface area contributed by atoms with E-state index >= 15 is 0 Å². The summed E-state index contributed by atoms with van der Waals surface area (Å²) in [6, 6.07) is 4.86. The first kappa shape index (κ1) is 18.6. The molecular weight excluding hydrogens is 354 g/mol. The summed E-state index contributed by atoms with van der Waals surface area (Å²) in [5, 5.41) is 0. The van der Waals surface area contributed by atoms with Gasteiger partial charge in [-0.05, 0) is 30.3 Å². The molecule has 0 N–H and O–H groups in total. The molecule has 25 heavy (non-hydrogen) atoms. The first-order chi connectivity index (χ1) is 11.6. The standard InChI is InChI=1S/C16H10F6O3/c1-24-13-4-2-3-9(8-23)14(13)25-12-6-10(15(17,18)19)5-11(7-12)16(20,21)22/h2-8H,1H3. The van der Waals surface area contributed by atoms with Crippen molar-refractivity contribution in [2.75, 3.05) is 7.11 Å². The van der Waals surface area contributed by atoms with Gasteiger partial charge in [-0.25, -0.2) is 0 Å². The van der Waals surface area contributed by atoms with Crippen LogP contribution in [0.15, 0.2) is 36.4 Å². The Morgan fingerprint density at radius 1 is 0.920 bits per heavy atom. The molecule has 0 aromatic heterocycles. The van der Waals surface area contributed by atoms with Crippen LogP contribution in [0.2, 0.25) is 0 Å². The van der Waals surface area contributed by atoms with Crippen molar-refractivity contribution in [3.8, 4) is 17.2 Å². The van der Waals surface area contributed by atoms with Gasteiger partial charge in [0.25, 0.3) is 0 Å². The van der Waals surface area contributed by atoms with Crippen molar-refractivity contribution in [1.29, 1.82) is 0 Å². The number of methoxy groups -OCH3 is 1. The fourth-order valence-electron chi connectivity index (χ4n) is 2.00. The van der Waals surface area contributed by atoms with Gasteiger partial charge in [0.1, 0.15) is 5.75 Å². The lowest BCUT2D eigenvalue weighted by Gasteiger charge is -2.16. The van der Waals surface area contributed by atoms with Crippen molar-refractivity contribution in [3.05, 3.63) is 53.1 Å². The number of halogens is 6.